The lowest BCUT2D eigenvalue weighted by Crippen LogP contribution is -2.47. The Hall–Kier alpha value is -1.53. The zero-order chi connectivity index (χ0) is 14.6. The molecule has 0 aromatic carbocycles. The van der Waals surface area contributed by atoms with E-state index in [2.05, 4.69) is 20.6 Å². The first-order valence-corrected chi connectivity index (χ1v) is 6.89. The fourth-order valence-corrected chi connectivity index (χ4v) is 2.63. The number of ether oxygens (including phenoxy) is 1. The van der Waals surface area contributed by atoms with Gasteiger partial charge in [0.25, 0.3) is 0 Å². The van der Waals surface area contributed by atoms with Gasteiger partial charge in [-0.15, -0.1) is 0 Å². The molecule has 6 nitrogen and oxygen atoms in total. The van der Waals surface area contributed by atoms with Crippen molar-refractivity contribution < 1.29 is 9.53 Å². The summed E-state index contributed by atoms with van der Waals surface area (Å²) in [5, 5.41) is 6.12. The smallest absolute Gasteiger partial charge is 0.235 e. The topological polar surface area (TPSA) is 76.1 Å². The SMILES string of the molecule is COCC1(C(=O)Nc2nc(C)cc(C)n2)CCNCC1. The highest BCUT2D eigenvalue weighted by Crippen LogP contribution is 2.30. The Kier molecular flexibility index (Phi) is 4.67. The van der Waals surface area contributed by atoms with Gasteiger partial charge in [0.05, 0.1) is 12.0 Å². The van der Waals surface area contributed by atoms with Crippen molar-refractivity contribution in [3.63, 3.8) is 0 Å². The van der Waals surface area contributed by atoms with Crippen molar-refractivity contribution in [1.82, 2.24) is 15.3 Å². The largest absolute Gasteiger partial charge is 0.384 e. The zero-order valence-corrected chi connectivity index (χ0v) is 12.3. The maximum atomic E-state index is 12.6. The molecule has 110 valence electrons. The molecule has 2 rings (SSSR count). The van der Waals surface area contributed by atoms with Gasteiger partial charge in [-0.3, -0.25) is 10.1 Å². The van der Waals surface area contributed by atoms with Crippen molar-refractivity contribution in [1.29, 1.82) is 0 Å². The third-order valence-corrected chi connectivity index (χ3v) is 3.67. The van der Waals surface area contributed by atoms with E-state index in [0.29, 0.717) is 12.6 Å². The van der Waals surface area contributed by atoms with E-state index in [1.165, 1.54) is 0 Å². The summed E-state index contributed by atoms with van der Waals surface area (Å²) >= 11 is 0. The van der Waals surface area contributed by atoms with Crippen LogP contribution in [0.2, 0.25) is 0 Å². The van der Waals surface area contributed by atoms with Gasteiger partial charge in [-0.1, -0.05) is 0 Å². The third-order valence-electron chi connectivity index (χ3n) is 3.67. The number of nitrogens with zero attached hydrogens (tertiary/aromatic N) is 2. The highest BCUT2D eigenvalue weighted by Gasteiger charge is 2.40. The molecule has 1 amide bonds. The van der Waals surface area contributed by atoms with E-state index in [4.69, 9.17) is 4.74 Å². The van der Waals surface area contributed by atoms with Crippen LogP contribution in [0, 0.1) is 19.3 Å². The molecule has 1 aromatic heterocycles. The minimum absolute atomic E-state index is 0.0501. The van der Waals surface area contributed by atoms with Crippen LogP contribution >= 0.6 is 0 Å². The molecule has 0 unspecified atom stereocenters. The van der Waals surface area contributed by atoms with E-state index in [1.54, 1.807) is 7.11 Å². The molecule has 0 atom stereocenters. The van der Waals surface area contributed by atoms with Gasteiger partial charge in [-0.2, -0.15) is 0 Å². The fraction of sp³-hybridized carbons (Fsp3) is 0.643. The number of carbonyl (C=O) groups excluding carboxylic acids is 1. The van der Waals surface area contributed by atoms with Crippen LogP contribution in [0.4, 0.5) is 5.95 Å². The summed E-state index contributed by atoms with van der Waals surface area (Å²) in [6.07, 6.45) is 1.52. The molecule has 1 aliphatic heterocycles. The monoisotopic (exact) mass is 278 g/mol. The Morgan fingerprint density at radius 2 is 1.95 bits per heavy atom. The molecule has 1 fully saturated rings. The molecule has 20 heavy (non-hydrogen) atoms. The normalized spacial score (nSPS) is 17.8. The number of amides is 1. The Morgan fingerprint density at radius 1 is 1.35 bits per heavy atom. The molecule has 0 radical (unpaired) electrons. The summed E-state index contributed by atoms with van der Waals surface area (Å²) in [5.74, 6) is 0.326. The van der Waals surface area contributed by atoms with Gasteiger partial charge in [-0.25, -0.2) is 9.97 Å². The van der Waals surface area contributed by atoms with Gasteiger partial charge in [-0.05, 0) is 45.8 Å². The number of aromatic nitrogens is 2. The minimum Gasteiger partial charge on any atom is -0.384 e. The molecular formula is C14H22N4O2. The van der Waals surface area contributed by atoms with Crippen molar-refractivity contribution in [2.24, 2.45) is 5.41 Å². The summed E-state index contributed by atoms with van der Waals surface area (Å²) in [4.78, 5) is 21.1. The van der Waals surface area contributed by atoms with Crippen molar-refractivity contribution in [3.8, 4) is 0 Å². The van der Waals surface area contributed by atoms with E-state index in [9.17, 15) is 4.79 Å². The second kappa shape index (κ2) is 6.28. The second-order valence-electron chi connectivity index (χ2n) is 5.39. The maximum Gasteiger partial charge on any atom is 0.235 e. The number of nitrogens with one attached hydrogen (secondary N) is 2. The van der Waals surface area contributed by atoms with E-state index < -0.39 is 5.41 Å². The lowest BCUT2D eigenvalue weighted by Gasteiger charge is -2.35. The van der Waals surface area contributed by atoms with Gasteiger partial charge >= 0.3 is 0 Å². The predicted octanol–water partition coefficient (Wildman–Crippen LogP) is 1.05. The van der Waals surface area contributed by atoms with Crippen LogP contribution in [0.3, 0.4) is 0 Å². The van der Waals surface area contributed by atoms with Gasteiger partial charge in [0, 0.05) is 18.5 Å². The number of hydrogen-bond acceptors (Lipinski definition) is 5. The number of carbonyl (C=O) groups is 1. The van der Waals surface area contributed by atoms with Crippen molar-refractivity contribution in [2.45, 2.75) is 26.7 Å². The number of hydrogen-bond donors (Lipinski definition) is 2. The van der Waals surface area contributed by atoms with Crippen LogP contribution < -0.4 is 10.6 Å². The van der Waals surface area contributed by atoms with E-state index in [-0.39, 0.29) is 5.91 Å². The Balaban J connectivity index is 2.15. The lowest BCUT2D eigenvalue weighted by atomic mass is 9.79. The Labute approximate surface area is 119 Å². The molecule has 1 saturated heterocycles. The number of rotatable bonds is 4. The average molecular weight is 278 g/mol. The Morgan fingerprint density at radius 3 is 2.50 bits per heavy atom. The number of aryl methyl sites for hydroxylation is 2. The summed E-state index contributed by atoms with van der Waals surface area (Å²) in [6, 6.07) is 1.88. The maximum absolute atomic E-state index is 12.6. The highest BCUT2D eigenvalue weighted by atomic mass is 16.5. The van der Waals surface area contributed by atoms with Gasteiger partial charge in [0.2, 0.25) is 11.9 Å². The molecule has 2 N–H and O–H groups in total. The molecule has 6 heteroatoms. The van der Waals surface area contributed by atoms with Crippen LogP contribution in [-0.2, 0) is 9.53 Å². The molecule has 0 saturated carbocycles. The van der Waals surface area contributed by atoms with Gasteiger partial charge < -0.3 is 10.1 Å². The van der Waals surface area contributed by atoms with Crippen molar-refractivity contribution in [3.05, 3.63) is 17.5 Å². The van der Waals surface area contributed by atoms with Gasteiger partial charge in [0.1, 0.15) is 0 Å². The van der Waals surface area contributed by atoms with Crippen LogP contribution in [0.5, 0.6) is 0 Å². The van der Waals surface area contributed by atoms with Crippen LogP contribution in [0.15, 0.2) is 6.07 Å². The molecule has 0 aliphatic carbocycles. The number of anilines is 1. The van der Waals surface area contributed by atoms with E-state index in [1.807, 2.05) is 19.9 Å². The van der Waals surface area contributed by atoms with Crippen LogP contribution in [-0.4, -0.2) is 42.7 Å². The van der Waals surface area contributed by atoms with E-state index >= 15 is 0 Å². The van der Waals surface area contributed by atoms with Gasteiger partial charge in [0.15, 0.2) is 0 Å². The second-order valence-corrected chi connectivity index (χ2v) is 5.39. The van der Waals surface area contributed by atoms with Crippen molar-refractivity contribution >= 4 is 11.9 Å². The number of methoxy groups -OCH3 is 1. The zero-order valence-electron chi connectivity index (χ0n) is 12.3. The third kappa shape index (κ3) is 3.32. The average Bonchev–Trinajstić information content (AvgIpc) is 2.38. The summed E-state index contributed by atoms with van der Waals surface area (Å²) < 4.78 is 5.26. The molecule has 2 heterocycles. The molecule has 0 spiro atoms. The summed E-state index contributed by atoms with van der Waals surface area (Å²) in [7, 11) is 1.63. The van der Waals surface area contributed by atoms with E-state index in [0.717, 1.165) is 37.3 Å². The highest BCUT2D eigenvalue weighted by molar-refractivity contribution is 5.94. The quantitative estimate of drug-likeness (QED) is 0.861. The van der Waals surface area contributed by atoms with Crippen LogP contribution in [0.1, 0.15) is 24.2 Å². The first-order valence-electron chi connectivity index (χ1n) is 6.89. The lowest BCUT2D eigenvalue weighted by molar-refractivity contribution is -0.130. The first-order chi connectivity index (χ1) is 9.55. The minimum atomic E-state index is -0.485. The molecule has 1 aliphatic rings. The first kappa shape index (κ1) is 14.9. The fourth-order valence-electron chi connectivity index (χ4n) is 2.63. The molecule has 0 bridgehead atoms. The van der Waals surface area contributed by atoms with Crippen molar-refractivity contribution in [2.75, 3.05) is 32.1 Å². The molecular weight excluding hydrogens is 256 g/mol. The number of piperidine rings is 1. The molecule has 1 aromatic rings. The summed E-state index contributed by atoms with van der Waals surface area (Å²) in [5.41, 5.74) is 1.21. The predicted molar refractivity (Wildman–Crippen MR) is 76.5 cm³/mol. The van der Waals surface area contributed by atoms with Crippen LogP contribution in [0.25, 0.3) is 0 Å². The Bertz CT molecular complexity index is 458. The summed E-state index contributed by atoms with van der Waals surface area (Å²) in [6.45, 7) is 5.85. The standard InChI is InChI=1S/C14H22N4O2/c1-10-8-11(2)17-13(16-10)18-12(19)14(9-20-3)4-6-15-7-5-14/h8,15H,4-7,9H2,1-3H3,(H,16,17,18,19).